The smallest absolute Gasteiger partial charge is 0.0328 e. The maximum atomic E-state index is 3.92. The third-order valence-electron chi connectivity index (χ3n) is 4.78. The molecule has 1 N–H and O–H groups in total. The van der Waals surface area contributed by atoms with Gasteiger partial charge in [0.2, 0.25) is 0 Å². The Balaban J connectivity index is 1.51. The van der Waals surface area contributed by atoms with Crippen molar-refractivity contribution in [1.82, 2.24) is 10.2 Å². The Bertz CT molecular complexity index is 433. The molecular formula is C18H28N2. The van der Waals surface area contributed by atoms with Gasteiger partial charge in [-0.2, -0.15) is 0 Å². The first-order chi connectivity index (χ1) is 9.72. The third kappa shape index (κ3) is 3.24. The van der Waals surface area contributed by atoms with Crippen LogP contribution in [0.15, 0.2) is 24.3 Å². The molecule has 1 fully saturated rings. The number of hydrogen-bond donors (Lipinski definition) is 1. The lowest BCUT2D eigenvalue weighted by Gasteiger charge is -2.34. The van der Waals surface area contributed by atoms with Crippen molar-refractivity contribution in [3.63, 3.8) is 0 Å². The van der Waals surface area contributed by atoms with Crippen LogP contribution in [0.3, 0.4) is 0 Å². The van der Waals surface area contributed by atoms with Crippen LogP contribution < -0.4 is 5.32 Å². The molecule has 2 nitrogen and oxygen atoms in total. The molecule has 2 heteroatoms. The predicted octanol–water partition coefficient (Wildman–Crippen LogP) is 3.38. The average molecular weight is 272 g/mol. The molecule has 1 unspecified atom stereocenters. The number of aryl methyl sites for hydroxylation is 1. The van der Waals surface area contributed by atoms with Gasteiger partial charge in [-0.3, -0.25) is 0 Å². The van der Waals surface area contributed by atoms with Gasteiger partial charge in [0, 0.05) is 18.6 Å². The molecule has 1 aromatic carbocycles. The lowest BCUT2D eigenvalue weighted by atomic mass is 10.0. The van der Waals surface area contributed by atoms with Crippen molar-refractivity contribution in [2.75, 3.05) is 19.6 Å². The van der Waals surface area contributed by atoms with E-state index in [1.54, 1.807) is 11.1 Å². The Hall–Kier alpha value is -0.860. The molecule has 1 saturated heterocycles. The van der Waals surface area contributed by atoms with Gasteiger partial charge >= 0.3 is 0 Å². The van der Waals surface area contributed by atoms with Crippen LogP contribution in [0.5, 0.6) is 0 Å². The zero-order chi connectivity index (χ0) is 13.9. The normalized spacial score (nSPS) is 24.2. The molecule has 110 valence electrons. The molecule has 0 amide bonds. The highest BCUT2D eigenvalue weighted by Crippen LogP contribution is 2.31. The van der Waals surface area contributed by atoms with Crippen molar-refractivity contribution < 1.29 is 0 Å². The summed E-state index contributed by atoms with van der Waals surface area (Å²) in [6, 6.07) is 10.3. The molecule has 1 aromatic rings. The second kappa shape index (κ2) is 6.28. The van der Waals surface area contributed by atoms with Gasteiger partial charge < -0.3 is 10.2 Å². The zero-order valence-electron chi connectivity index (χ0n) is 12.9. The maximum Gasteiger partial charge on any atom is 0.0328 e. The van der Waals surface area contributed by atoms with Gasteiger partial charge in [-0.25, -0.2) is 0 Å². The maximum absolute atomic E-state index is 3.92. The van der Waals surface area contributed by atoms with E-state index in [0.29, 0.717) is 6.04 Å². The summed E-state index contributed by atoms with van der Waals surface area (Å²) in [5.41, 5.74) is 3.11. The number of piperidine rings is 1. The van der Waals surface area contributed by atoms with Gasteiger partial charge in [-0.05, 0) is 55.8 Å². The van der Waals surface area contributed by atoms with E-state index in [4.69, 9.17) is 0 Å². The van der Waals surface area contributed by atoms with Crippen molar-refractivity contribution >= 4 is 0 Å². The van der Waals surface area contributed by atoms with Gasteiger partial charge in [0.1, 0.15) is 0 Å². The van der Waals surface area contributed by atoms with Gasteiger partial charge in [-0.1, -0.05) is 38.1 Å². The van der Waals surface area contributed by atoms with Crippen molar-refractivity contribution in [3.05, 3.63) is 35.4 Å². The van der Waals surface area contributed by atoms with E-state index in [2.05, 4.69) is 48.3 Å². The summed E-state index contributed by atoms with van der Waals surface area (Å²) < 4.78 is 0. The lowest BCUT2D eigenvalue weighted by molar-refractivity contribution is 0.174. The molecule has 2 aliphatic rings. The van der Waals surface area contributed by atoms with E-state index >= 15 is 0 Å². The van der Waals surface area contributed by atoms with Crippen LogP contribution in [-0.2, 0) is 6.42 Å². The van der Waals surface area contributed by atoms with Crippen LogP contribution in [0.2, 0.25) is 0 Å². The van der Waals surface area contributed by atoms with Crippen LogP contribution in [0.4, 0.5) is 0 Å². The van der Waals surface area contributed by atoms with E-state index < -0.39 is 0 Å². The lowest BCUT2D eigenvalue weighted by Crippen LogP contribution is -2.44. The zero-order valence-corrected chi connectivity index (χ0v) is 12.9. The second-order valence-corrected chi connectivity index (χ2v) is 6.93. The summed E-state index contributed by atoms with van der Waals surface area (Å²) in [6.07, 6.45) is 5.16. The summed E-state index contributed by atoms with van der Waals surface area (Å²) >= 11 is 0. The summed E-state index contributed by atoms with van der Waals surface area (Å²) in [4.78, 5) is 2.63. The van der Waals surface area contributed by atoms with Crippen LogP contribution in [0, 0.1) is 5.92 Å². The number of nitrogens with zero attached hydrogens (tertiary/aromatic N) is 1. The molecule has 0 aromatic heterocycles. The van der Waals surface area contributed by atoms with Gasteiger partial charge in [0.25, 0.3) is 0 Å². The third-order valence-corrected chi connectivity index (χ3v) is 4.78. The molecule has 3 rings (SSSR count). The summed E-state index contributed by atoms with van der Waals surface area (Å²) in [5.74, 6) is 0.793. The number of nitrogens with one attached hydrogen (secondary N) is 1. The van der Waals surface area contributed by atoms with E-state index in [1.807, 2.05) is 0 Å². The fraction of sp³-hybridized carbons (Fsp3) is 0.667. The molecule has 0 saturated carbocycles. The highest BCUT2D eigenvalue weighted by atomic mass is 15.1. The minimum absolute atomic E-state index is 0.604. The first-order valence-corrected chi connectivity index (χ1v) is 8.28. The van der Waals surface area contributed by atoms with Crippen molar-refractivity contribution in [3.8, 4) is 0 Å². The Morgan fingerprint density at radius 1 is 1.15 bits per heavy atom. The Morgan fingerprint density at radius 3 is 2.65 bits per heavy atom. The predicted molar refractivity (Wildman–Crippen MR) is 84.9 cm³/mol. The molecule has 20 heavy (non-hydrogen) atoms. The quantitative estimate of drug-likeness (QED) is 0.904. The molecule has 0 bridgehead atoms. The van der Waals surface area contributed by atoms with Crippen molar-refractivity contribution in [2.24, 2.45) is 5.92 Å². The molecule has 1 aliphatic heterocycles. The average Bonchev–Trinajstić information content (AvgIpc) is 2.84. The van der Waals surface area contributed by atoms with Gasteiger partial charge in [0.15, 0.2) is 0 Å². The molecular weight excluding hydrogens is 244 g/mol. The minimum atomic E-state index is 0.604. The molecule has 1 heterocycles. The number of likely N-dealkylation sites (tertiary alicyclic amines) is 1. The summed E-state index contributed by atoms with van der Waals surface area (Å²) in [7, 11) is 0. The van der Waals surface area contributed by atoms with E-state index in [0.717, 1.165) is 12.0 Å². The first-order valence-electron chi connectivity index (χ1n) is 8.28. The van der Waals surface area contributed by atoms with Gasteiger partial charge in [0.05, 0.1) is 0 Å². The van der Waals surface area contributed by atoms with E-state index in [9.17, 15) is 0 Å². The summed E-state index contributed by atoms with van der Waals surface area (Å²) in [6.45, 7) is 8.44. The standard InChI is InChI=1S/C18H28N2/c1-14(2)13-20-11-9-16(10-12-20)19-18-8-7-15-5-3-4-6-17(15)18/h3-6,14,16,18-19H,7-13H2,1-2H3. The Morgan fingerprint density at radius 2 is 1.90 bits per heavy atom. The second-order valence-electron chi connectivity index (χ2n) is 6.93. The molecule has 0 spiro atoms. The first kappa shape index (κ1) is 14.1. The van der Waals surface area contributed by atoms with E-state index in [1.165, 1.54) is 45.3 Å². The fourth-order valence-corrected chi connectivity index (χ4v) is 3.81. The Kier molecular flexibility index (Phi) is 4.42. The van der Waals surface area contributed by atoms with Gasteiger partial charge in [-0.15, -0.1) is 0 Å². The number of fused-ring (bicyclic) bond motifs is 1. The molecule has 0 radical (unpaired) electrons. The molecule has 1 atom stereocenters. The van der Waals surface area contributed by atoms with Crippen LogP contribution in [0.1, 0.15) is 50.3 Å². The summed E-state index contributed by atoms with van der Waals surface area (Å²) in [5, 5.41) is 3.92. The SMILES string of the molecule is CC(C)CN1CCC(NC2CCc3ccccc32)CC1. The Labute approximate surface area is 123 Å². The van der Waals surface area contributed by atoms with E-state index in [-0.39, 0.29) is 0 Å². The van der Waals surface area contributed by atoms with Crippen LogP contribution in [-0.4, -0.2) is 30.6 Å². The van der Waals surface area contributed by atoms with Crippen molar-refractivity contribution in [2.45, 2.75) is 51.6 Å². The molecule has 1 aliphatic carbocycles. The number of benzene rings is 1. The minimum Gasteiger partial charge on any atom is -0.307 e. The van der Waals surface area contributed by atoms with Crippen LogP contribution in [0.25, 0.3) is 0 Å². The monoisotopic (exact) mass is 272 g/mol. The largest absolute Gasteiger partial charge is 0.307 e. The highest BCUT2D eigenvalue weighted by Gasteiger charge is 2.26. The highest BCUT2D eigenvalue weighted by molar-refractivity contribution is 5.34. The number of rotatable bonds is 4. The number of hydrogen-bond acceptors (Lipinski definition) is 2. The van der Waals surface area contributed by atoms with Crippen LogP contribution >= 0.6 is 0 Å². The topological polar surface area (TPSA) is 15.3 Å². The van der Waals surface area contributed by atoms with Crippen molar-refractivity contribution in [1.29, 1.82) is 0 Å². The fourth-order valence-electron chi connectivity index (χ4n) is 3.81.